The van der Waals surface area contributed by atoms with E-state index in [1.165, 1.54) is 7.11 Å². The van der Waals surface area contributed by atoms with Crippen molar-refractivity contribution in [1.29, 1.82) is 0 Å². The van der Waals surface area contributed by atoms with E-state index in [4.69, 9.17) is 4.74 Å². The van der Waals surface area contributed by atoms with Crippen molar-refractivity contribution < 1.29 is 14.3 Å². The summed E-state index contributed by atoms with van der Waals surface area (Å²) in [6.45, 7) is 1.93. The molecule has 3 nitrogen and oxygen atoms in total. The van der Waals surface area contributed by atoms with Crippen molar-refractivity contribution in [1.82, 2.24) is 0 Å². The van der Waals surface area contributed by atoms with E-state index in [1.807, 2.05) is 6.92 Å². The summed E-state index contributed by atoms with van der Waals surface area (Å²) in [5, 5.41) is 0. The quantitative estimate of drug-likeness (QED) is 0.418. The molecule has 0 aliphatic carbocycles. The number of hydrogen-bond acceptors (Lipinski definition) is 3. The molecular formula is C7H12O3. The van der Waals surface area contributed by atoms with E-state index < -0.39 is 11.9 Å². The van der Waals surface area contributed by atoms with E-state index in [1.54, 1.807) is 0 Å². The third-order valence-electron chi connectivity index (χ3n) is 1.27. The first-order chi connectivity index (χ1) is 4.76. The number of ketones is 1. The molecule has 0 saturated carbocycles. The van der Waals surface area contributed by atoms with Crippen LogP contribution in [0.5, 0.6) is 0 Å². The molecule has 10 heavy (non-hydrogen) atoms. The lowest BCUT2D eigenvalue weighted by atomic mass is 10.1. The van der Waals surface area contributed by atoms with Crippen LogP contribution in [0.4, 0.5) is 0 Å². The maximum Gasteiger partial charge on any atom is 0.223 e. The summed E-state index contributed by atoms with van der Waals surface area (Å²) in [5.74, 6) is -0.468. The third kappa shape index (κ3) is 2.73. The lowest BCUT2D eigenvalue weighted by Gasteiger charge is -2.07. The molecule has 0 aromatic carbocycles. The van der Waals surface area contributed by atoms with Crippen molar-refractivity contribution in [3.63, 3.8) is 0 Å². The Morgan fingerprint density at radius 2 is 2.30 bits per heavy atom. The Labute approximate surface area is 60.4 Å². The van der Waals surface area contributed by atoms with Crippen LogP contribution in [0.1, 0.15) is 19.8 Å². The Balaban J connectivity index is 3.79. The fraction of sp³-hybridized carbons (Fsp3) is 0.714. The van der Waals surface area contributed by atoms with Gasteiger partial charge in [0, 0.05) is 7.11 Å². The number of methoxy groups -OCH3 is 1. The van der Waals surface area contributed by atoms with Crippen LogP contribution in [-0.2, 0) is 14.3 Å². The second-order valence-electron chi connectivity index (χ2n) is 2.03. The van der Waals surface area contributed by atoms with Gasteiger partial charge in [-0.05, 0) is 6.42 Å². The Kier molecular flexibility index (Phi) is 4.76. The molecule has 0 spiro atoms. The Morgan fingerprint density at radius 3 is 2.60 bits per heavy atom. The van der Waals surface area contributed by atoms with Crippen LogP contribution in [0.25, 0.3) is 0 Å². The van der Waals surface area contributed by atoms with Crippen molar-refractivity contribution in [3.8, 4) is 0 Å². The lowest BCUT2D eigenvalue weighted by Crippen LogP contribution is -2.23. The van der Waals surface area contributed by atoms with Crippen molar-refractivity contribution in [2.45, 2.75) is 25.9 Å². The zero-order valence-corrected chi connectivity index (χ0v) is 6.29. The predicted octanol–water partition coefficient (Wildman–Crippen LogP) is 0.569. The SMILES string of the molecule is CCCC(OC)C(=O)C=O. The molecule has 0 fully saturated rings. The number of aldehydes is 1. The van der Waals surface area contributed by atoms with Crippen LogP contribution in [0.15, 0.2) is 0 Å². The highest BCUT2D eigenvalue weighted by atomic mass is 16.5. The van der Waals surface area contributed by atoms with Gasteiger partial charge in [0.05, 0.1) is 0 Å². The molecule has 0 aliphatic heterocycles. The fourth-order valence-corrected chi connectivity index (χ4v) is 0.714. The fourth-order valence-electron chi connectivity index (χ4n) is 0.714. The number of carbonyl (C=O) groups is 2. The summed E-state index contributed by atoms with van der Waals surface area (Å²) in [5.41, 5.74) is 0. The van der Waals surface area contributed by atoms with Gasteiger partial charge in [-0.2, -0.15) is 0 Å². The van der Waals surface area contributed by atoms with Gasteiger partial charge in [-0.1, -0.05) is 13.3 Å². The van der Waals surface area contributed by atoms with Gasteiger partial charge in [0.2, 0.25) is 5.78 Å². The first-order valence-electron chi connectivity index (χ1n) is 3.28. The summed E-state index contributed by atoms with van der Waals surface area (Å²) in [7, 11) is 1.43. The summed E-state index contributed by atoms with van der Waals surface area (Å²) < 4.78 is 4.76. The first-order valence-corrected chi connectivity index (χ1v) is 3.28. The van der Waals surface area contributed by atoms with Gasteiger partial charge in [0.1, 0.15) is 6.10 Å². The Bertz CT molecular complexity index is 120. The molecular weight excluding hydrogens is 132 g/mol. The smallest absolute Gasteiger partial charge is 0.223 e. The molecule has 0 saturated heterocycles. The number of hydrogen-bond donors (Lipinski definition) is 0. The van der Waals surface area contributed by atoms with Crippen LogP contribution in [-0.4, -0.2) is 25.3 Å². The van der Waals surface area contributed by atoms with E-state index in [0.29, 0.717) is 12.7 Å². The largest absolute Gasteiger partial charge is 0.373 e. The zero-order valence-electron chi connectivity index (χ0n) is 6.29. The van der Waals surface area contributed by atoms with Crippen LogP contribution in [0, 0.1) is 0 Å². The molecule has 0 radical (unpaired) electrons. The molecule has 1 atom stereocenters. The van der Waals surface area contributed by atoms with E-state index >= 15 is 0 Å². The van der Waals surface area contributed by atoms with Crippen molar-refractivity contribution in [2.24, 2.45) is 0 Å². The Morgan fingerprint density at radius 1 is 1.70 bits per heavy atom. The molecule has 0 bridgehead atoms. The predicted molar refractivity (Wildman–Crippen MR) is 36.8 cm³/mol. The van der Waals surface area contributed by atoms with Crippen LogP contribution >= 0.6 is 0 Å². The summed E-state index contributed by atoms with van der Waals surface area (Å²) in [6, 6.07) is 0. The number of ether oxygens (including phenoxy) is 1. The minimum absolute atomic E-state index is 0.309. The minimum atomic E-state index is -0.525. The van der Waals surface area contributed by atoms with Crippen LogP contribution < -0.4 is 0 Å². The molecule has 58 valence electrons. The summed E-state index contributed by atoms with van der Waals surface area (Å²) in [6.07, 6.45) is 1.25. The normalized spacial score (nSPS) is 12.6. The van der Waals surface area contributed by atoms with Crippen molar-refractivity contribution in [2.75, 3.05) is 7.11 Å². The zero-order chi connectivity index (χ0) is 7.98. The molecule has 0 aromatic rings. The molecule has 1 unspecified atom stereocenters. The lowest BCUT2D eigenvalue weighted by molar-refractivity contribution is -0.137. The average molecular weight is 144 g/mol. The van der Waals surface area contributed by atoms with E-state index in [2.05, 4.69) is 0 Å². The van der Waals surface area contributed by atoms with Gasteiger partial charge in [-0.25, -0.2) is 0 Å². The highest BCUT2D eigenvalue weighted by molar-refractivity contribution is 6.27. The first kappa shape index (κ1) is 9.30. The molecule has 0 aliphatic rings. The second-order valence-corrected chi connectivity index (χ2v) is 2.03. The Hall–Kier alpha value is -0.700. The van der Waals surface area contributed by atoms with Crippen molar-refractivity contribution in [3.05, 3.63) is 0 Å². The topological polar surface area (TPSA) is 43.4 Å². The monoisotopic (exact) mass is 144 g/mol. The standard InChI is InChI=1S/C7H12O3/c1-3-4-7(10-2)6(9)5-8/h5,7H,3-4H2,1-2H3. The summed E-state index contributed by atoms with van der Waals surface area (Å²) >= 11 is 0. The van der Waals surface area contributed by atoms with Gasteiger partial charge in [0.15, 0.2) is 6.29 Å². The molecule has 0 rings (SSSR count). The van der Waals surface area contributed by atoms with Crippen LogP contribution in [0.2, 0.25) is 0 Å². The summed E-state index contributed by atoms with van der Waals surface area (Å²) in [4.78, 5) is 20.6. The maximum atomic E-state index is 10.6. The van der Waals surface area contributed by atoms with Crippen LogP contribution in [0.3, 0.4) is 0 Å². The number of rotatable bonds is 5. The number of Topliss-reactive ketones (excluding diaryl/α,β-unsaturated/α-hetero) is 1. The van der Waals surface area contributed by atoms with Gasteiger partial charge in [-0.15, -0.1) is 0 Å². The number of carbonyl (C=O) groups excluding carboxylic acids is 2. The van der Waals surface area contributed by atoms with Gasteiger partial charge < -0.3 is 4.74 Å². The van der Waals surface area contributed by atoms with Crippen molar-refractivity contribution >= 4 is 12.1 Å². The average Bonchev–Trinajstić information content (AvgIpc) is 1.99. The van der Waals surface area contributed by atoms with E-state index in [0.717, 1.165) is 6.42 Å². The molecule has 3 heteroatoms. The molecule has 0 amide bonds. The van der Waals surface area contributed by atoms with Gasteiger partial charge in [0.25, 0.3) is 0 Å². The maximum absolute atomic E-state index is 10.6. The van der Waals surface area contributed by atoms with Gasteiger partial charge >= 0.3 is 0 Å². The molecule has 0 N–H and O–H groups in total. The second kappa shape index (κ2) is 5.11. The highest BCUT2D eigenvalue weighted by Crippen LogP contribution is 2.00. The van der Waals surface area contributed by atoms with Gasteiger partial charge in [-0.3, -0.25) is 9.59 Å². The molecule has 0 heterocycles. The third-order valence-corrected chi connectivity index (χ3v) is 1.27. The molecule has 0 aromatic heterocycles. The van der Waals surface area contributed by atoms with E-state index in [9.17, 15) is 9.59 Å². The van der Waals surface area contributed by atoms with E-state index in [-0.39, 0.29) is 0 Å². The minimum Gasteiger partial charge on any atom is -0.373 e. The highest BCUT2D eigenvalue weighted by Gasteiger charge is 2.14.